The zero-order valence-corrected chi connectivity index (χ0v) is 19.7. The molecule has 0 spiro atoms. The third-order valence-electron chi connectivity index (χ3n) is 5.58. The number of carbonyl (C=O) groups excluding carboxylic acids is 1. The van der Waals surface area contributed by atoms with Crippen LogP contribution in [0.5, 0.6) is 17.2 Å². The highest BCUT2D eigenvalue weighted by molar-refractivity contribution is 5.76. The molecule has 2 N–H and O–H groups in total. The fourth-order valence-corrected chi connectivity index (χ4v) is 3.91. The molecule has 0 unspecified atom stereocenters. The van der Waals surface area contributed by atoms with Crippen molar-refractivity contribution in [2.75, 3.05) is 26.3 Å². The third kappa shape index (κ3) is 8.85. The van der Waals surface area contributed by atoms with Gasteiger partial charge < -0.3 is 24.8 Å². The average Bonchev–Trinajstić information content (AvgIpc) is 3.14. The first-order chi connectivity index (χ1) is 17.0. The van der Waals surface area contributed by atoms with Crippen LogP contribution in [0.15, 0.2) is 42.5 Å². The van der Waals surface area contributed by atoms with E-state index in [9.17, 15) is 26.7 Å². The molecule has 0 aliphatic carbocycles. The van der Waals surface area contributed by atoms with Gasteiger partial charge in [-0.3, -0.25) is 4.79 Å². The van der Waals surface area contributed by atoms with E-state index in [0.717, 1.165) is 24.9 Å². The van der Waals surface area contributed by atoms with Gasteiger partial charge in [0.25, 0.3) is 0 Å². The van der Waals surface area contributed by atoms with Crippen molar-refractivity contribution in [3.8, 4) is 17.2 Å². The number of halogens is 5. The van der Waals surface area contributed by atoms with E-state index in [1.807, 2.05) is 6.07 Å². The first kappa shape index (κ1) is 27.5. The standard InChI is InChI=1S/C15H19F2NO2.C10H10F3NO2/c16-15(17)19-13-7-6-12(11-14(13)20-15)5-4-10-18-8-2-1-3-9-18;11-6-10(12,13)16-8-3-1-7(2-4-8)5-9(14)15/h6-7,11H,1-5,8-10H2;1-4H,5-6H2,(H2,14,15). The molecule has 1 fully saturated rings. The zero-order chi connectivity index (χ0) is 26.2. The third-order valence-corrected chi connectivity index (χ3v) is 5.58. The molecular weight excluding hydrogens is 487 g/mol. The van der Waals surface area contributed by atoms with E-state index in [4.69, 9.17) is 5.73 Å². The Morgan fingerprint density at radius 1 is 1.00 bits per heavy atom. The predicted molar refractivity (Wildman–Crippen MR) is 122 cm³/mol. The van der Waals surface area contributed by atoms with E-state index >= 15 is 0 Å². The minimum absolute atomic E-state index is 0.0137. The van der Waals surface area contributed by atoms with Gasteiger partial charge in [-0.2, -0.15) is 8.78 Å². The summed E-state index contributed by atoms with van der Waals surface area (Å²) >= 11 is 0. The van der Waals surface area contributed by atoms with E-state index in [2.05, 4.69) is 19.1 Å². The van der Waals surface area contributed by atoms with Crippen molar-refractivity contribution in [2.24, 2.45) is 5.73 Å². The summed E-state index contributed by atoms with van der Waals surface area (Å²) in [5.74, 6) is -0.432. The molecule has 0 atom stereocenters. The summed E-state index contributed by atoms with van der Waals surface area (Å²) in [7, 11) is 0. The number of primary amides is 1. The van der Waals surface area contributed by atoms with Crippen molar-refractivity contribution in [3.05, 3.63) is 53.6 Å². The second-order valence-corrected chi connectivity index (χ2v) is 8.61. The second-order valence-electron chi connectivity index (χ2n) is 8.61. The van der Waals surface area contributed by atoms with Crippen LogP contribution in [0.2, 0.25) is 0 Å². The summed E-state index contributed by atoms with van der Waals surface area (Å²) in [6, 6.07) is 10.3. The van der Waals surface area contributed by atoms with E-state index in [1.54, 1.807) is 12.1 Å². The highest BCUT2D eigenvalue weighted by Crippen LogP contribution is 2.41. The monoisotopic (exact) mass is 516 g/mol. The predicted octanol–water partition coefficient (Wildman–Crippen LogP) is 5.08. The number of alkyl halides is 5. The number of nitrogens with zero attached hydrogens (tertiary/aromatic N) is 1. The molecule has 6 nitrogen and oxygen atoms in total. The van der Waals surface area contributed by atoms with Crippen molar-refractivity contribution in [2.45, 2.75) is 50.9 Å². The number of nitrogens with two attached hydrogens (primary N) is 1. The normalized spacial score (nSPS) is 16.7. The molecule has 0 saturated carbocycles. The molecular formula is C25H29F5N2O4. The number of fused-ring (bicyclic) bond motifs is 1. The Morgan fingerprint density at radius 2 is 1.64 bits per heavy atom. The number of carbonyl (C=O) groups is 1. The Balaban J connectivity index is 0.000000207. The maximum atomic E-state index is 12.9. The number of piperidine rings is 1. The van der Waals surface area contributed by atoms with Crippen molar-refractivity contribution in [1.82, 2.24) is 4.90 Å². The van der Waals surface area contributed by atoms with Gasteiger partial charge in [-0.15, -0.1) is 8.78 Å². The molecule has 4 rings (SSSR count). The molecule has 36 heavy (non-hydrogen) atoms. The quantitative estimate of drug-likeness (QED) is 0.471. The topological polar surface area (TPSA) is 74.0 Å². The Morgan fingerprint density at radius 3 is 2.28 bits per heavy atom. The smallest absolute Gasteiger partial charge is 0.431 e. The highest BCUT2D eigenvalue weighted by atomic mass is 19.3. The zero-order valence-electron chi connectivity index (χ0n) is 19.7. The lowest BCUT2D eigenvalue weighted by Crippen LogP contribution is -2.30. The highest BCUT2D eigenvalue weighted by Gasteiger charge is 2.43. The van der Waals surface area contributed by atoms with E-state index in [1.165, 1.54) is 56.6 Å². The van der Waals surface area contributed by atoms with Crippen LogP contribution in [0.3, 0.4) is 0 Å². The molecule has 0 bridgehead atoms. The Labute approximate surface area is 206 Å². The lowest BCUT2D eigenvalue weighted by molar-refractivity contribution is -0.286. The Bertz CT molecular complexity index is 998. The number of rotatable bonds is 9. The molecule has 198 valence electrons. The summed E-state index contributed by atoms with van der Waals surface area (Å²) in [5.41, 5.74) is 6.53. The van der Waals surface area contributed by atoms with Crippen LogP contribution in [-0.2, 0) is 17.6 Å². The number of aryl methyl sites for hydroxylation is 1. The fraction of sp³-hybridized carbons (Fsp3) is 0.480. The molecule has 2 aromatic rings. The van der Waals surface area contributed by atoms with Gasteiger partial charge in [0.15, 0.2) is 18.2 Å². The fourth-order valence-electron chi connectivity index (χ4n) is 3.91. The number of likely N-dealkylation sites (tertiary alicyclic amines) is 1. The summed E-state index contributed by atoms with van der Waals surface area (Å²) in [6.45, 7) is 1.56. The van der Waals surface area contributed by atoms with Gasteiger partial charge in [-0.05, 0) is 80.7 Å². The molecule has 2 aliphatic rings. The van der Waals surface area contributed by atoms with Crippen molar-refractivity contribution in [3.63, 3.8) is 0 Å². The molecule has 2 aliphatic heterocycles. The minimum Gasteiger partial charge on any atom is -0.431 e. The van der Waals surface area contributed by atoms with Gasteiger partial charge in [0.1, 0.15) is 5.75 Å². The van der Waals surface area contributed by atoms with Gasteiger partial charge in [0, 0.05) is 0 Å². The van der Waals surface area contributed by atoms with Crippen LogP contribution < -0.4 is 19.9 Å². The van der Waals surface area contributed by atoms with Crippen molar-refractivity contribution < 1.29 is 41.0 Å². The van der Waals surface area contributed by atoms with E-state index in [0.29, 0.717) is 5.56 Å². The van der Waals surface area contributed by atoms with Gasteiger partial charge in [-0.25, -0.2) is 4.39 Å². The van der Waals surface area contributed by atoms with Crippen LogP contribution in [0.25, 0.3) is 0 Å². The van der Waals surface area contributed by atoms with E-state index in [-0.39, 0.29) is 23.7 Å². The molecule has 1 saturated heterocycles. The van der Waals surface area contributed by atoms with Gasteiger partial charge >= 0.3 is 12.4 Å². The van der Waals surface area contributed by atoms with E-state index < -0.39 is 25.0 Å². The number of hydrogen-bond acceptors (Lipinski definition) is 5. The molecule has 2 aromatic carbocycles. The molecule has 2 heterocycles. The number of ether oxygens (including phenoxy) is 3. The maximum Gasteiger partial charge on any atom is 0.586 e. The molecule has 0 aromatic heterocycles. The second kappa shape index (κ2) is 12.2. The summed E-state index contributed by atoms with van der Waals surface area (Å²) in [4.78, 5) is 13.0. The lowest BCUT2D eigenvalue weighted by atomic mass is 10.1. The first-order valence-electron chi connectivity index (χ1n) is 11.7. The summed E-state index contributed by atoms with van der Waals surface area (Å²) < 4.78 is 75.5. The van der Waals surface area contributed by atoms with Crippen LogP contribution in [-0.4, -0.2) is 49.5 Å². The minimum atomic E-state index is -3.83. The van der Waals surface area contributed by atoms with Crippen LogP contribution in [0, 0.1) is 0 Å². The lowest BCUT2D eigenvalue weighted by Gasteiger charge is -2.26. The first-order valence-corrected chi connectivity index (χ1v) is 11.7. The summed E-state index contributed by atoms with van der Waals surface area (Å²) in [5, 5.41) is 0. The average molecular weight is 517 g/mol. The van der Waals surface area contributed by atoms with Crippen molar-refractivity contribution in [1.29, 1.82) is 0 Å². The van der Waals surface area contributed by atoms with Crippen LogP contribution in [0.4, 0.5) is 22.0 Å². The van der Waals surface area contributed by atoms with Gasteiger partial charge in [-0.1, -0.05) is 24.6 Å². The van der Waals surface area contributed by atoms with Crippen molar-refractivity contribution >= 4 is 5.91 Å². The Kier molecular flexibility index (Phi) is 9.36. The van der Waals surface area contributed by atoms with Crippen LogP contribution in [0.1, 0.15) is 36.8 Å². The van der Waals surface area contributed by atoms with Gasteiger partial charge in [0.2, 0.25) is 5.91 Å². The molecule has 1 amide bonds. The maximum absolute atomic E-state index is 12.9. The summed E-state index contributed by atoms with van der Waals surface area (Å²) in [6.07, 6.45) is -1.50. The molecule has 11 heteroatoms. The number of benzene rings is 2. The SMILES string of the molecule is FC1(F)Oc2ccc(CCCN3CCCCC3)cc2O1.NC(=O)Cc1ccc(OC(F)(F)CF)cc1. The Hall–Kier alpha value is -3.08. The number of amides is 1. The van der Waals surface area contributed by atoms with Crippen LogP contribution >= 0.6 is 0 Å². The van der Waals surface area contributed by atoms with Gasteiger partial charge in [0.05, 0.1) is 6.42 Å². The largest absolute Gasteiger partial charge is 0.586 e. The number of hydrogen-bond donors (Lipinski definition) is 1. The molecule has 0 radical (unpaired) electrons.